The summed E-state index contributed by atoms with van der Waals surface area (Å²) >= 11 is 14.1. The van der Waals surface area contributed by atoms with Gasteiger partial charge in [0, 0.05) is 21.6 Å². The third-order valence-corrected chi connectivity index (χ3v) is 8.66. The molecule has 0 unspecified atom stereocenters. The van der Waals surface area contributed by atoms with E-state index >= 15 is 0 Å². The SMILES string of the molecule is Cc1ccc(S(=O)(=O)N(CC(=O)N/N=C\c2ccc(OC3CSC3)cc2)c2cc(Cl)cc(Cl)c2)cc1. The van der Waals surface area contributed by atoms with Crippen LogP contribution >= 0.6 is 35.0 Å². The number of thioether (sulfide) groups is 1. The monoisotopic (exact) mass is 563 g/mol. The predicted octanol–water partition coefficient (Wildman–Crippen LogP) is 5.14. The van der Waals surface area contributed by atoms with Crippen LogP contribution in [0.2, 0.25) is 10.0 Å². The van der Waals surface area contributed by atoms with Crippen molar-refractivity contribution in [3.05, 3.63) is 87.9 Å². The molecule has 3 aromatic carbocycles. The van der Waals surface area contributed by atoms with Crippen molar-refractivity contribution in [2.45, 2.75) is 17.9 Å². The number of anilines is 1. The minimum Gasteiger partial charge on any atom is -0.489 e. The van der Waals surface area contributed by atoms with Gasteiger partial charge in [-0.25, -0.2) is 13.8 Å². The van der Waals surface area contributed by atoms with Crippen LogP contribution in [0.25, 0.3) is 0 Å². The third kappa shape index (κ3) is 6.73. The van der Waals surface area contributed by atoms with Gasteiger partial charge in [0.15, 0.2) is 0 Å². The smallest absolute Gasteiger partial charge is 0.264 e. The molecule has 36 heavy (non-hydrogen) atoms. The number of amides is 1. The summed E-state index contributed by atoms with van der Waals surface area (Å²) in [6.07, 6.45) is 1.72. The number of hydrogen-bond donors (Lipinski definition) is 1. The van der Waals surface area contributed by atoms with E-state index in [9.17, 15) is 13.2 Å². The Kier molecular flexibility index (Phi) is 8.46. The number of hydrazone groups is 1. The van der Waals surface area contributed by atoms with Gasteiger partial charge in [-0.3, -0.25) is 9.10 Å². The standard InChI is InChI=1S/C25H23Cl2N3O4S2/c1-17-2-8-24(9-3-17)36(32,33)30(21-11-19(26)10-20(27)12-21)14-25(31)29-28-13-18-4-6-22(7-5-18)34-23-15-35-16-23/h2-13,23H,14-16H2,1H3,(H,29,31)/b28-13-. The van der Waals surface area contributed by atoms with Crippen LogP contribution in [0.5, 0.6) is 5.75 Å². The molecular formula is C25H23Cl2N3O4S2. The molecule has 0 atom stereocenters. The van der Waals surface area contributed by atoms with E-state index in [0.717, 1.165) is 32.7 Å². The van der Waals surface area contributed by atoms with Gasteiger partial charge in [-0.05, 0) is 67.1 Å². The van der Waals surface area contributed by atoms with Crippen LogP contribution in [0.15, 0.2) is 76.7 Å². The van der Waals surface area contributed by atoms with E-state index in [1.54, 1.807) is 12.1 Å². The molecule has 0 saturated carbocycles. The van der Waals surface area contributed by atoms with Gasteiger partial charge in [0.2, 0.25) is 0 Å². The van der Waals surface area contributed by atoms with Crippen molar-refractivity contribution in [3.8, 4) is 5.75 Å². The van der Waals surface area contributed by atoms with E-state index in [1.807, 2.05) is 43.0 Å². The largest absolute Gasteiger partial charge is 0.489 e. The molecule has 1 saturated heterocycles. The van der Waals surface area contributed by atoms with E-state index in [-0.39, 0.29) is 26.7 Å². The van der Waals surface area contributed by atoms with E-state index in [1.165, 1.54) is 36.5 Å². The number of sulfonamides is 1. The molecule has 1 aliphatic heterocycles. The molecule has 0 bridgehead atoms. The first-order valence-electron chi connectivity index (χ1n) is 10.9. The molecule has 1 fully saturated rings. The summed E-state index contributed by atoms with van der Waals surface area (Å²) in [5, 5.41) is 4.44. The zero-order valence-electron chi connectivity index (χ0n) is 19.2. The number of halogens is 2. The molecule has 0 aliphatic carbocycles. The number of ether oxygens (including phenoxy) is 1. The van der Waals surface area contributed by atoms with Gasteiger partial charge in [0.25, 0.3) is 15.9 Å². The zero-order valence-corrected chi connectivity index (χ0v) is 22.4. The van der Waals surface area contributed by atoms with E-state index in [2.05, 4.69) is 10.5 Å². The Morgan fingerprint density at radius 2 is 1.72 bits per heavy atom. The lowest BCUT2D eigenvalue weighted by atomic mass is 10.2. The molecule has 188 valence electrons. The van der Waals surface area contributed by atoms with Crippen molar-refractivity contribution in [2.24, 2.45) is 5.10 Å². The summed E-state index contributed by atoms with van der Waals surface area (Å²) in [6.45, 7) is 1.32. The Hall–Kier alpha value is -2.72. The summed E-state index contributed by atoms with van der Waals surface area (Å²) < 4.78 is 33.6. The topological polar surface area (TPSA) is 88.1 Å². The Bertz CT molecular complexity index is 1340. The molecule has 1 heterocycles. The summed E-state index contributed by atoms with van der Waals surface area (Å²) in [4.78, 5) is 12.7. The maximum Gasteiger partial charge on any atom is 0.264 e. The van der Waals surface area contributed by atoms with Crippen LogP contribution in [0.1, 0.15) is 11.1 Å². The average molecular weight is 565 g/mol. The molecule has 1 aliphatic rings. The first-order chi connectivity index (χ1) is 17.2. The number of carbonyl (C=O) groups excluding carboxylic acids is 1. The number of hydrogen-bond acceptors (Lipinski definition) is 6. The van der Waals surface area contributed by atoms with Crippen molar-refractivity contribution in [2.75, 3.05) is 22.4 Å². The predicted molar refractivity (Wildman–Crippen MR) is 146 cm³/mol. The van der Waals surface area contributed by atoms with Crippen molar-refractivity contribution in [1.82, 2.24) is 5.43 Å². The van der Waals surface area contributed by atoms with Gasteiger partial charge < -0.3 is 4.74 Å². The summed E-state index contributed by atoms with van der Waals surface area (Å²) in [6, 6.07) is 18.0. The van der Waals surface area contributed by atoms with Gasteiger partial charge in [-0.1, -0.05) is 40.9 Å². The lowest BCUT2D eigenvalue weighted by Gasteiger charge is -2.25. The average Bonchev–Trinajstić information content (AvgIpc) is 2.80. The molecule has 4 rings (SSSR count). The first-order valence-corrected chi connectivity index (χ1v) is 14.3. The summed E-state index contributed by atoms with van der Waals surface area (Å²) in [7, 11) is -4.10. The Morgan fingerprint density at radius 1 is 1.08 bits per heavy atom. The molecule has 1 amide bonds. The van der Waals surface area contributed by atoms with Crippen LogP contribution in [-0.4, -0.2) is 44.7 Å². The fraction of sp³-hybridized carbons (Fsp3) is 0.200. The minimum atomic E-state index is -4.10. The molecule has 0 radical (unpaired) electrons. The Balaban J connectivity index is 1.48. The Labute approximate surface area is 224 Å². The number of carbonyl (C=O) groups is 1. The molecule has 7 nitrogen and oxygen atoms in total. The second-order valence-corrected chi connectivity index (χ2v) is 11.9. The van der Waals surface area contributed by atoms with Crippen LogP contribution in [0.4, 0.5) is 5.69 Å². The van der Waals surface area contributed by atoms with Gasteiger partial charge in [-0.2, -0.15) is 16.9 Å². The van der Waals surface area contributed by atoms with Crippen molar-refractivity contribution in [1.29, 1.82) is 0 Å². The van der Waals surface area contributed by atoms with Crippen molar-refractivity contribution >= 4 is 62.8 Å². The van der Waals surface area contributed by atoms with E-state index in [0.29, 0.717) is 0 Å². The fourth-order valence-electron chi connectivity index (χ4n) is 3.29. The van der Waals surface area contributed by atoms with Crippen molar-refractivity contribution in [3.63, 3.8) is 0 Å². The van der Waals surface area contributed by atoms with Gasteiger partial charge in [0.05, 0.1) is 16.8 Å². The summed E-state index contributed by atoms with van der Waals surface area (Å²) in [5.74, 6) is 2.12. The normalized spacial score (nSPS) is 13.9. The van der Waals surface area contributed by atoms with Gasteiger partial charge in [-0.15, -0.1) is 0 Å². The Morgan fingerprint density at radius 3 is 2.31 bits per heavy atom. The molecule has 3 aromatic rings. The lowest BCUT2D eigenvalue weighted by Crippen LogP contribution is -2.39. The van der Waals surface area contributed by atoms with Gasteiger partial charge >= 0.3 is 0 Å². The number of aryl methyl sites for hydroxylation is 1. The van der Waals surface area contributed by atoms with E-state index in [4.69, 9.17) is 27.9 Å². The number of benzene rings is 3. The lowest BCUT2D eigenvalue weighted by molar-refractivity contribution is -0.119. The molecule has 11 heteroatoms. The summed E-state index contributed by atoms with van der Waals surface area (Å²) in [5.41, 5.74) is 4.19. The number of nitrogens with zero attached hydrogens (tertiary/aromatic N) is 2. The maximum atomic E-state index is 13.4. The molecule has 0 spiro atoms. The fourth-order valence-corrected chi connectivity index (χ4v) is 5.77. The zero-order chi connectivity index (χ0) is 25.7. The molecular weight excluding hydrogens is 541 g/mol. The number of rotatable bonds is 9. The van der Waals surface area contributed by atoms with Crippen LogP contribution < -0.4 is 14.5 Å². The van der Waals surface area contributed by atoms with Gasteiger partial charge in [0.1, 0.15) is 18.4 Å². The molecule has 0 aromatic heterocycles. The second-order valence-electron chi connectivity index (χ2n) is 8.09. The highest BCUT2D eigenvalue weighted by Gasteiger charge is 2.28. The van der Waals surface area contributed by atoms with Crippen LogP contribution in [0.3, 0.4) is 0 Å². The third-order valence-electron chi connectivity index (χ3n) is 5.22. The molecule has 1 N–H and O–H groups in total. The minimum absolute atomic E-state index is 0.0308. The first kappa shape index (κ1) is 26.3. The van der Waals surface area contributed by atoms with E-state index < -0.39 is 22.5 Å². The van der Waals surface area contributed by atoms with Crippen molar-refractivity contribution < 1.29 is 17.9 Å². The highest BCUT2D eigenvalue weighted by molar-refractivity contribution is 8.00. The van der Waals surface area contributed by atoms with Crippen LogP contribution in [-0.2, 0) is 14.8 Å². The second kappa shape index (κ2) is 11.6. The maximum absolute atomic E-state index is 13.4. The quantitative estimate of drug-likeness (QED) is 0.287. The highest BCUT2D eigenvalue weighted by atomic mass is 35.5. The number of nitrogens with one attached hydrogen (secondary N) is 1. The highest BCUT2D eigenvalue weighted by Crippen LogP contribution is 2.30. The van der Waals surface area contributed by atoms with Crippen LogP contribution in [0, 0.1) is 6.92 Å².